The number of nitrogens with zero attached hydrogens (tertiary/aromatic N) is 1. The van der Waals surface area contributed by atoms with Crippen LogP contribution in [0.4, 0.5) is 15.8 Å². The Labute approximate surface area is 204 Å². The monoisotopic (exact) mass is 503 g/mol. The first-order valence-electron chi connectivity index (χ1n) is 11.3. The van der Waals surface area contributed by atoms with E-state index in [0.717, 1.165) is 30.6 Å². The van der Waals surface area contributed by atoms with Crippen molar-refractivity contribution in [2.75, 3.05) is 35.1 Å². The molecule has 2 aliphatic rings. The van der Waals surface area contributed by atoms with E-state index in [1.165, 1.54) is 24.3 Å². The maximum Gasteiger partial charge on any atom is 0.240 e. The Morgan fingerprint density at radius 3 is 2.43 bits per heavy atom. The summed E-state index contributed by atoms with van der Waals surface area (Å²) < 4.78 is 36.5. The van der Waals surface area contributed by atoms with Crippen molar-refractivity contribution in [1.82, 2.24) is 5.32 Å². The molecule has 1 saturated carbocycles. The second kappa shape index (κ2) is 11.3. The standard InChI is InChI=1S/C24H26FN3O6S/c25-16-5-8-19(9-6-16)28(12-22(29)26-17-3-1-2-4-17)24(31)14-35(32)13-23(30)27-18-7-10-20-21(11-18)34-15-33-20/h5-11,17H,1-4,12-15H2,(H,26,29)(H,27,30)/t35-/m0/s1. The molecule has 186 valence electrons. The second-order valence-electron chi connectivity index (χ2n) is 8.35. The van der Waals surface area contributed by atoms with Gasteiger partial charge in [-0.1, -0.05) is 12.8 Å². The van der Waals surface area contributed by atoms with Crippen LogP contribution in [0.2, 0.25) is 0 Å². The van der Waals surface area contributed by atoms with E-state index in [0.29, 0.717) is 22.9 Å². The predicted octanol–water partition coefficient (Wildman–Crippen LogP) is 2.33. The second-order valence-corrected chi connectivity index (χ2v) is 9.81. The minimum Gasteiger partial charge on any atom is -0.454 e. The van der Waals surface area contributed by atoms with Crippen LogP contribution >= 0.6 is 0 Å². The summed E-state index contributed by atoms with van der Waals surface area (Å²) in [5.74, 6) is -1.80. The fourth-order valence-electron chi connectivity index (χ4n) is 4.02. The first-order chi connectivity index (χ1) is 16.9. The van der Waals surface area contributed by atoms with Crippen LogP contribution in [0.5, 0.6) is 11.5 Å². The number of hydrogen-bond acceptors (Lipinski definition) is 6. The molecule has 1 aliphatic carbocycles. The van der Waals surface area contributed by atoms with Crippen LogP contribution in [-0.4, -0.2) is 52.8 Å². The van der Waals surface area contributed by atoms with Crippen LogP contribution < -0.4 is 25.0 Å². The molecular weight excluding hydrogens is 477 g/mol. The number of carbonyl (C=O) groups is 3. The summed E-state index contributed by atoms with van der Waals surface area (Å²) in [5, 5.41) is 5.53. The van der Waals surface area contributed by atoms with Crippen LogP contribution in [0.1, 0.15) is 25.7 Å². The summed E-state index contributed by atoms with van der Waals surface area (Å²) >= 11 is 0. The number of carbonyl (C=O) groups excluding carboxylic acids is 3. The quantitative estimate of drug-likeness (QED) is 0.543. The summed E-state index contributed by atoms with van der Waals surface area (Å²) in [7, 11) is -1.84. The number of fused-ring (bicyclic) bond motifs is 1. The molecule has 0 unspecified atom stereocenters. The first-order valence-corrected chi connectivity index (χ1v) is 12.8. The Morgan fingerprint density at radius 2 is 1.69 bits per heavy atom. The van der Waals surface area contributed by atoms with Gasteiger partial charge in [-0.25, -0.2) is 4.39 Å². The van der Waals surface area contributed by atoms with Crippen molar-refractivity contribution in [3.63, 3.8) is 0 Å². The number of benzene rings is 2. The molecule has 35 heavy (non-hydrogen) atoms. The van der Waals surface area contributed by atoms with Gasteiger partial charge in [0.15, 0.2) is 11.5 Å². The third-order valence-corrected chi connectivity index (χ3v) is 6.85. The van der Waals surface area contributed by atoms with E-state index < -0.39 is 39.9 Å². The lowest BCUT2D eigenvalue weighted by Gasteiger charge is -2.23. The molecule has 4 rings (SSSR count). The molecule has 0 radical (unpaired) electrons. The molecule has 1 fully saturated rings. The molecule has 11 heteroatoms. The number of hydrogen-bond donors (Lipinski definition) is 2. The van der Waals surface area contributed by atoms with E-state index in [4.69, 9.17) is 9.47 Å². The van der Waals surface area contributed by atoms with Crippen LogP contribution in [0, 0.1) is 5.82 Å². The van der Waals surface area contributed by atoms with E-state index in [1.807, 2.05) is 0 Å². The molecule has 3 amide bonds. The van der Waals surface area contributed by atoms with Gasteiger partial charge in [0.1, 0.15) is 23.9 Å². The largest absolute Gasteiger partial charge is 0.454 e. The molecule has 2 aromatic carbocycles. The van der Waals surface area contributed by atoms with Gasteiger partial charge in [0.25, 0.3) is 0 Å². The minimum absolute atomic E-state index is 0.0710. The molecule has 0 spiro atoms. The van der Waals surface area contributed by atoms with E-state index in [1.54, 1.807) is 18.2 Å². The summed E-state index contributed by atoms with van der Waals surface area (Å²) in [4.78, 5) is 39.0. The fraction of sp³-hybridized carbons (Fsp3) is 0.375. The van der Waals surface area contributed by atoms with Crippen molar-refractivity contribution in [2.45, 2.75) is 31.7 Å². The van der Waals surface area contributed by atoms with Crippen molar-refractivity contribution in [2.24, 2.45) is 0 Å². The molecule has 1 aliphatic heterocycles. The lowest BCUT2D eigenvalue weighted by atomic mass is 10.2. The Hall–Kier alpha value is -3.47. The topological polar surface area (TPSA) is 114 Å². The van der Waals surface area contributed by atoms with Gasteiger partial charge in [0.2, 0.25) is 24.5 Å². The van der Waals surface area contributed by atoms with Crippen LogP contribution in [0.3, 0.4) is 0 Å². The molecule has 0 saturated heterocycles. The van der Waals surface area contributed by atoms with Crippen LogP contribution in [0.25, 0.3) is 0 Å². The van der Waals surface area contributed by atoms with Gasteiger partial charge < -0.3 is 25.0 Å². The maximum atomic E-state index is 13.4. The lowest BCUT2D eigenvalue weighted by molar-refractivity contribution is -0.123. The van der Waals surface area contributed by atoms with Gasteiger partial charge in [-0.15, -0.1) is 0 Å². The lowest BCUT2D eigenvalue weighted by Crippen LogP contribution is -2.45. The third-order valence-electron chi connectivity index (χ3n) is 5.69. The normalized spacial score (nSPS) is 15.5. The van der Waals surface area contributed by atoms with E-state index in [2.05, 4.69) is 10.6 Å². The smallest absolute Gasteiger partial charge is 0.240 e. The zero-order valence-corrected chi connectivity index (χ0v) is 19.8. The number of nitrogens with one attached hydrogen (secondary N) is 2. The highest BCUT2D eigenvalue weighted by Gasteiger charge is 2.24. The zero-order chi connectivity index (χ0) is 24.8. The Bertz CT molecular complexity index is 1120. The van der Waals surface area contributed by atoms with Gasteiger partial charge in [-0.3, -0.25) is 18.6 Å². The van der Waals surface area contributed by atoms with Gasteiger partial charge in [0, 0.05) is 34.3 Å². The number of halogens is 1. The zero-order valence-electron chi connectivity index (χ0n) is 19.0. The van der Waals surface area contributed by atoms with Crippen LogP contribution in [0.15, 0.2) is 42.5 Å². The van der Waals surface area contributed by atoms with E-state index >= 15 is 0 Å². The van der Waals surface area contributed by atoms with Crippen molar-refractivity contribution in [1.29, 1.82) is 0 Å². The molecule has 2 N–H and O–H groups in total. The molecule has 2 aromatic rings. The number of rotatable bonds is 9. The number of ether oxygens (including phenoxy) is 2. The van der Waals surface area contributed by atoms with Crippen molar-refractivity contribution < 1.29 is 32.5 Å². The third kappa shape index (κ3) is 6.78. The van der Waals surface area contributed by atoms with Gasteiger partial charge >= 0.3 is 0 Å². The molecule has 0 bridgehead atoms. The Kier molecular flexibility index (Phi) is 7.96. The summed E-state index contributed by atoms with van der Waals surface area (Å²) in [6.45, 7) is -0.191. The van der Waals surface area contributed by atoms with Crippen molar-refractivity contribution in [3.05, 3.63) is 48.3 Å². The average Bonchev–Trinajstić information content (AvgIpc) is 3.49. The highest BCUT2D eigenvalue weighted by molar-refractivity contribution is 7.86. The average molecular weight is 504 g/mol. The highest BCUT2D eigenvalue weighted by atomic mass is 32.2. The highest BCUT2D eigenvalue weighted by Crippen LogP contribution is 2.34. The van der Waals surface area contributed by atoms with Gasteiger partial charge in [-0.05, 0) is 49.2 Å². The Balaban J connectivity index is 1.35. The van der Waals surface area contributed by atoms with Crippen molar-refractivity contribution in [3.8, 4) is 11.5 Å². The molecular formula is C24H26FN3O6S. The summed E-state index contributed by atoms with van der Waals surface area (Å²) in [6.07, 6.45) is 3.86. The molecule has 0 aromatic heterocycles. The van der Waals surface area contributed by atoms with Crippen LogP contribution in [-0.2, 0) is 25.2 Å². The maximum absolute atomic E-state index is 13.4. The molecule has 1 atom stereocenters. The van der Waals surface area contributed by atoms with Gasteiger partial charge in [0.05, 0.1) is 0 Å². The molecule has 9 nitrogen and oxygen atoms in total. The van der Waals surface area contributed by atoms with E-state index in [9.17, 15) is 23.0 Å². The van der Waals surface area contributed by atoms with Gasteiger partial charge in [-0.2, -0.15) is 0 Å². The fourth-order valence-corrected chi connectivity index (χ4v) is 4.91. The number of anilines is 2. The summed E-state index contributed by atoms with van der Waals surface area (Å²) in [5.41, 5.74) is 0.749. The number of amides is 3. The minimum atomic E-state index is -1.84. The van der Waals surface area contributed by atoms with Crippen molar-refractivity contribution >= 4 is 39.9 Å². The predicted molar refractivity (Wildman–Crippen MR) is 128 cm³/mol. The first kappa shape index (κ1) is 24.6. The molecule has 1 heterocycles. The summed E-state index contributed by atoms with van der Waals surface area (Å²) in [6, 6.07) is 10.1. The van der Waals surface area contributed by atoms with E-state index in [-0.39, 0.29) is 25.3 Å². The Morgan fingerprint density at radius 1 is 0.971 bits per heavy atom. The SMILES string of the molecule is O=C(C[S@](=O)CC(=O)N(CC(=O)NC1CCCC1)c1ccc(F)cc1)Nc1ccc2c(c1)OCO2.